The van der Waals surface area contributed by atoms with Crippen LogP contribution in [0.1, 0.15) is 0 Å². The predicted octanol–water partition coefficient (Wildman–Crippen LogP) is 15.9. The first kappa shape index (κ1) is 29.1. The van der Waals surface area contributed by atoms with Crippen molar-refractivity contribution in [2.24, 2.45) is 0 Å². The highest BCUT2D eigenvalue weighted by Gasteiger charge is 2.26. The summed E-state index contributed by atoms with van der Waals surface area (Å²) in [4.78, 5) is 0. The van der Waals surface area contributed by atoms with Crippen LogP contribution in [0.25, 0.3) is 141 Å². The molecule has 0 N–H and O–H groups in total. The average molecular weight is 703 g/mol. The number of fused-ring (bicyclic) bond motifs is 7. The largest absolute Gasteiger partial charge is 0.0610 e. The van der Waals surface area contributed by atoms with Crippen LogP contribution in [-0.4, -0.2) is 0 Å². The SMILES string of the molecule is c1cc2c3c(ccc(-c4ccc5cccc6c7cccc8cccc(c4c56)c87)c3c1)-c1cc(-c3ccc4cccc5c6cccc7cccc(c3c45)c76)ccc1-2. The minimum Gasteiger partial charge on any atom is -0.0610 e. The van der Waals surface area contributed by atoms with Gasteiger partial charge in [0.2, 0.25) is 0 Å². The first-order valence-electron chi connectivity index (χ1n) is 19.7. The van der Waals surface area contributed by atoms with Crippen molar-refractivity contribution in [3.8, 4) is 44.5 Å². The fraction of sp³-hybridized carbons (Fsp3) is 0. The Kier molecular flexibility index (Phi) is 5.34. The second kappa shape index (κ2) is 10.3. The molecule has 0 aromatic heterocycles. The molecule has 1 aliphatic rings. The fourth-order valence-corrected chi connectivity index (χ4v) is 11.0. The first-order chi connectivity index (χ1) is 27.8. The standard InChI is InChI=1S/C56H30/c1-8-31-10-5-20-47-50(31)41(14-1)43-16-3-12-33-22-25-36(55(47)52(33)43)35-24-26-38-40-19-7-18-39-37(28-29-46(54(39)40)49(38)30-35)45-27-23-34-13-4-17-44-42-15-2-9-32-11-6-21-48(51(32)42)56(45)53(34)44/h1-30H. The Hall–Kier alpha value is -7.28. The van der Waals surface area contributed by atoms with E-state index in [2.05, 4.69) is 182 Å². The third-order valence-corrected chi connectivity index (χ3v) is 13.3. The second-order valence-electron chi connectivity index (χ2n) is 15.9. The van der Waals surface area contributed by atoms with E-state index >= 15 is 0 Å². The molecule has 0 atom stereocenters. The zero-order chi connectivity index (χ0) is 36.2. The molecule has 0 heteroatoms. The van der Waals surface area contributed by atoms with E-state index in [1.807, 2.05) is 0 Å². The summed E-state index contributed by atoms with van der Waals surface area (Å²) >= 11 is 0. The van der Waals surface area contributed by atoms with Gasteiger partial charge in [0.25, 0.3) is 0 Å². The molecule has 14 rings (SSSR count). The lowest BCUT2D eigenvalue weighted by Gasteiger charge is -2.18. The lowest BCUT2D eigenvalue weighted by atomic mass is 9.84. The topological polar surface area (TPSA) is 0 Å². The summed E-state index contributed by atoms with van der Waals surface area (Å²) in [6.45, 7) is 0. The molecule has 0 bridgehead atoms. The molecule has 0 unspecified atom stereocenters. The molecule has 13 aromatic rings. The Morgan fingerprint density at radius 2 is 0.571 bits per heavy atom. The molecule has 56 heavy (non-hydrogen) atoms. The van der Waals surface area contributed by atoms with Gasteiger partial charge in [-0.2, -0.15) is 0 Å². The van der Waals surface area contributed by atoms with Gasteiger partial charge in [-0.3, -0.25) is 0 Å². The van der Waals surface area contributed by atoms with Gasteiger partial charge >= 0.3 is 0 Å². The summed E-state index contributed by atoms with van der Waals surface area (Å²) in [6, 6.07) is 69.0. The van der Waals surface area contributed by atoms with Gasteiger partial charge < -0.3 is 0 Å². The second-order valence-corrected chi connectivity index (χ2v) is 15.9. The molecule has 0 saturated heterocycles. The predicted molar refractivity (Wildman–Crippen MR) is 242 cm³/mol. The fourth-order valence-electron chi connectivity index (χ4n) is 11.0. The van der Waals surface area contributed by atoms with Gasteiger partial charge in [-0.25, -0.2) is 0 Å². The van der Waals surface area contributed by atoms with Crippen molar-refractivity contribution in [1.29, 1.82) is 0 Å². The number of rotatable bonds is 2. The summed E-state index contributed by atoms with van der Waals surface area (Å²) in [5.74, 6) is 0. The molecule has 1 aliphatic carbocycles. The van der Waals surface area contributed by atoms with Crippen molar-refractivity contribution in [2.75, 3.05) is 0 Å². The highest BCUT2D eigenvalue weighted by Crippen LogP contribution is 2.53. The minimum absolute atomic E-state index is 1.26. The smallest absolute Gasteiger partial charge is 0.00139 e. The van der Waals surface area contributed by atoms with Crippen LogP contribution in [0.4, 0.5) is 0 Å². The van der Waals surface area contributed by atoms with Crippen molar-refractivity contribution in [2.45, 2.75) is 0 Å². The summed E-state index contributed by atoms with van der Waals surface area (Å²) in [7, 11) is 0. The van der Waals surface area contributed by atoms with E-state index in [4.69, 9.17) is 0 Å². The molecule has 0 heterocycles. The van der Waals surface area contributed by atoms with E-state index < -0.39 is 0 Å². The van der Waals surface area contributed by atoms with Crippen LogP contribution in [0.15, 0.2) is 182 Å². The van der Waals surface area contributed by atoms with Gasteiger partial charge in [0.15, 0.2) is 0 Å². The van der Waals surface area contributed by atoms with Crippen LogP contribution in [0.5, 0.6) is 0 Å². The Bertz CT molecular complexity index is 3850. The molecule has 13 aromatic carbocycles. The molecule has 0 saturated carbocycles. The van der Waals surface area contributed by atoms with Crippen LogP contribution < -0.4 is 0 Å². The molecule has 0 amide bonds. The number of hydrogen-bond acceptors (Lipinski definition) is 0. The Labute approximate surface area is 322 Å². The number of benzene rings is 13. The van der Waals surface area contributed by atoms with Crippen LogP contribution in [-0.2, 0) is 0 Å². The van der Waals surface area contributed by atoms with Crippen molar-refractivity contribution < 1.29 is 0 Å². The van der Waals surface area contributed by atoms with Crippen LogP contribution >= 0.6 is 0 Å². The first-order valence-corrected chi connectivity index (χ1v) is 19.7. The van der Waals surface area contributed by atoms with Gasteiger partial charge in [0, 0.05) is 0 Å². The molecular formula is C56H30. The van der Waals surface area contributed by atoms with Gasteiger partial charge in [-0.15, -0.1) is 0 Å². The third kappa shape index (κ3) is 3.51. The minimum atomic E-state index is 1.26. The third-order valence-electron chi connectivity index (χ3n) is 13.3. The monoisotopic (exact) mass is 702 g/mol. The maximum Gasteiger partial charge on any atom is -0.00139 e. The van der Waals surface area contributed by atoms with Crippen LogP contribution in [0, 0.1) is 0 Å². The van der Waals surface area contributed by atoms with Crippen LogP contribution in [0.3, 0.4) is 0 Å². The summed E-state index contributed by atoms with van der Waals surface area (Å²) in [6.07, 6.45) is 0. The van der Waals surface area contributed by atoms with Gasteiger partial charge in [-0.05, 0) is 148 Å². The summed E-state index contributed by atoms with van der Waals surface area (Å²) in [5.41, 5.74) is 10.4. The Morgan fingerprint density at radius 1 is 0.179 bits per heavy atom. The van der Waals surface area contributed by atoms with E-state index in [0.29, 0.717) is 0 Å². The molecular weight excluding hydrogens is 673 g/mol. The maximum absolute atomic E-state index is 2.47. The molecule has 0 spiro atoms. The average Bonchev–Trinajstić information content (AvgIpc) is 3.58. The lowest BCUT2D eigenvalue weighted by molar-refractivity contribution is 1.66. The number of hydrogen-bond donors (Lipinski definition) is 0. The molecule has 0 radical (unpaired) electrons. The molecule has 0 fully saturated rings. The van der Waals surface area contributed by atoms with Crippen molar-refractivity contribution in [1.82, 2.24) is 0 Å². The highest BCUT2D eigenvalue weighted by molar-refractivity contribution is 6.37. The Morgan fingerprint density at radius 3 is 1.18 bits per heavy atom. The summed E-state index contributed by atoms with van der Waals surface area (Å²) in [5, 5.41) is 23.9. The van der Waals surface area contributed by atoms with E-state index in [1.165, 1.54) is 141 Å². The zero-order valence-electron chi connectivity index (χ0n) is 30.3. The van der Waals surface area contributed by atoms with E-state index in [-0.39, 0.29) is 0 Å². The van der Waals surface area contributed by atoms with Crippen LogP contribution in [0.2, 0.25) is 0 Å². The molecule has 254 valence electrons. The van der Waals surface area contributed by atoms with Crippen molar-refractivity contribution in [3.05, 3.63) is 182 Å². The molecule has 0 nitrogen and oxygen atoms in total. The van der Waals surface area contributed by atoms with Gasteiger partial charge in [-0.1, -0.05) is 176 Å². The van der Waals surface area contributed by atoms with Crippen molar-refractivity contribution >= 4 is 97.0 Å². The normalized spacial score (nSPS) is 12.6. The van der Waals surface area contributed by atoms with Crippen molar-refractivity contribution in [3.63, 3.8) is 0 Å². The quantitative estimate of drug-likeness (QED) is 0.124. The van der Waals surface area contributed by atoms with E-state index in [0.717, 1.165) is 0 Å². The zero-order valence-corrected chi connectivity index (χ0v) is 30.3. The van der Waals surface area contributed by atoms with E-state index in [1.54, 1.807) is 0 Å². The van der Waals surface area contributed by atoms with Gasteiger partial charge in [0.1, 0.15) is 0 Å². The Balaban J connectivity index is 1.03. The molecule has 0 aliphatic heterocycles. The lowest BCUT2D eigenvalue weighted by Crippen LogP contribution is -1.91. The van der Waals surface area contributed by atoms with E-state index in [9.17, 15) is 0 Å². The summed E-state index contributed by atoms with van der Waals surface area (Å²) < 4.78 is 0. The van der Waals surface area contributed by atoms with Gasteiger partial charge in [0.05, 0.1) is 0 Å². The maximum atomic E-state index is 2.47. The highest BCUT2D eigenvalue weighted by atomic mass is 14.3.